The molecule has 1 rings (SSSR count). The number of ether oxygens (including phenoxy) is 1. The first kappa shape index (κ1) is 14.7. The van der Waals surface area contributed by atoms with Crippen molar-refractivity contribution >= 4 is 0 Å². The normalized spacial score (nSPS) is 12.1. The zero-order valence-corrected chi connectivity index (χ0v) is 11.6. The van der Waals surface area contributed by atoms with Crippen LogP contribution in [0.4, 0.5) is 4.39 Å². The predicted molar refractivity (Wildman–Crippen MR) is 73.4 cm³/mol. The van der Waals surface area contributed by atoms with Crippen LogP contribution in [0.3, 0.4) is 0 Å². The molecule has 1 atom stereocenters. The van der Waals surface area contributed by atoms with Crippen molar-refractivity contribution < 1.29 is 9.13 Å². The third-order valence-electron chi connectivity index (χ3n) is 2.68. The van der Waals surface area contributed by atoms with Crippen molar-refractivity contribution in [3.63, 3.8) is 0 Å². The molecule has 0 aliphatic rings. The second-order valence-electron chi connectivity index (χ2n) is 4.55. The Bertz CT molecular complexity index is 411. The first-order valence-corrected chi connectivity index (χ1v) is 6.33. The Labute approximate surface area is 109 Å². The lowest BCUT2D eigenvalue weighted by atomic mass is 10.1. The average Bonchev–Trinajstić information content (AvgIpc) is 2.31. The van der Waals surface area contributed by atoms with Crippen molar-refractivity contribution in [1.29, 1.82) is 0 Å². The van der Waals surface area contributed by atoms with Crippen LogP contribution in [-0.4, -0.2) is 13.2 Å². The van der Waals surface area contributed by atoms with Crippen LogP contribution in [0, 0.1) is 5.82 Å². The van der Waals surface area contributed by atoms with Crippen molar-refractivity contribution in [3.05, 3.63) is 41.2 Å². The molecule has 1 unspecified atom stereocenters. The minimum atomic E-state index is -0.232. The number of allylic oxidation sites excluding steroid dienone is 1. The van der Waals surface area contributed by atoms with E-state index in [9.17, 15) is 4.39 Å². The van der Waals surface area contributed by atoms with Crippen molar-refractivity contribution in [2.24, 2.45) is 0 Å². The predicted octanol–water partition coefficient (Wildman–Crippen LogP) is 3.84. The summed E-state index contributed by atoms with van der Waals surface area (Å²) in [6.45, 7) is 9.43. The van der Waals surface area contributed by atoms with Gasteiger partial charge in [-0.05, 0) is 51.6 Å². The number of nitrogens with one attached hydrogen (secondary N) is 1. The maximum Gasteiger partial charge on any atom is 0.124 e. The molecule has 2 nitrogen and oxygen atoms in total. The Morgan fingerprint density at radius 3 is 2.78 bits per heavy atom. The first-order chi connectivity index (χ1) is 8.54. The van der Waals surface area contributed by atoms with E-state index in [0.717, 1.165) is 17.9 Å². The lowest BCUT2D eigenvalue weighted by Gasteiger charge is -2.17. The molecule has 1 aromatic rings. The van der Waals surface area contributed by atoms with Gasteiger partial charge in [-0.25, -0.2) is 4.39 Å². The molecule has 1 N–H and O–H groups in total. The van der Waals surface area contributed by atoms with Gasteiger partial charge >= 0.3 is 0 Å². The molecule has 18 heavy (non-hydrogen) atoms. The van der Waals surface area contributed by atoms with E-state index in [0.29, 0.717) is 6.61 Å². The van der Waals surface area contributed by atoms with Crippen molar-refractivity contribution in [3.8, 4) is 5.75 Å². The highest BCUT2D eigenvalue weighted by Gasteiger charge is 2.11. The highest BCUT2D eigenvalue weighted by molar-refractivity contribution is 5.36. The fourth-order valence-electron chi connectivity index (χ4n) is 1.70. The van der Waals surface area contributed by atoms with Crippen LogP contribution in [0.1, 0.15) is 39.3 Å². The van der Waals surface area contributed by atoms with Gasteiger partial charge in [-0.2, -0.15) is 0 Å². The van der Waals surface area contributed by atoms with Crippen LogP contribution in [0.15, 0.2) is 29.8 Å². The van der Waals surface area contributed by atoms with Crippen LogP contribution in [0.2, 0.25) is 0 Å². The summed E-state index contributed by atoms with van der Waals surface area (Å²) in [7, 11) is 0. The Morgan fingerprint density at radius 1 is 1.44 bits per heavy atom. The second-order valence-corrected chi connectivity index (χ2v) is 4.55. The van der Waals surface area contributed by atoms with Gasteiger partial charge in [-0.3, -0.25) is 0 Å². The molecule has 100 valence electrons. The summed E-state index contributed by atoms with van der Waals surface area (Å²) in [4.78, 5) is 0. The molecule has 0 saturated heterocycles. The monoisotopic (exact) mass is 251 g/mol. The van der Waals surface area contributed by atoms with Gasteiger partial charge in [-0.15, -0.1) is 0 Å². The summed E-state index contributed by atoms with van der Waals surface area (Å²) in [6.07, 6.45) is 2.01. The SMILES string of the molecule is CCNC(C)c1cc(F)ccc1OCC=C(C)C. The van der Waals surface area contributed by atoms with Gasteiger partial charge < -0.3 is 10.1 Å². The Morgan fingerprint density at radius 2 is 2.17 bits per heavy atom. The molecule has 0 aliphatic heterocycles. The van der Waals surface area contributed by atoms with E-state index in [4.69, 9.17) is 4.74 Å². The summed E-state index contributed by atoms with van der Waals surface area (Å²) >= 11 is 0. The van der Waals surface area contributed by atoms with Gasteiger partial charge in [0.15, 0.2) is 0 Å². The minimum Gasteiger partial charge on any atom is -0.489 e. The zero-order chi connectivity index (χ0) is 13.5. The van der Waals surface area contributed by atoms with E-state index in [1.165, 1.54) is 17.7 Å². The lowest BCUT2D eigenvalue weighted by molar-refractivity contribution is 0.352. The summed E-state index contributed by atoms with van der Waals surface area (Å²) in [5.74, 6) is 0.506. The first-order valence-electron chi connectivity index (χ1n) is 6.33. The van der Waals surface area contributed by atoms with Gasteiger partial charge in [0.2, 0.25) is 0 Å². The Balaban J connectivity index is 2.85. The largest absolute Gasteiger partial charge is 0.489 e. The molecule has 1 aromatic carbocycles. The van der Waals surface area contributed by atoms with E-state index in [1.54, 1.807) is 6.07 Å². The summed E-state index contributed by atoms with van der Waals surface area (Å²) in [5, 5.41) is 3.27. The second kappa shape index (κ2) is 7.17. The molecule has 3 heteroatoms. The van der Waals surface area contributed by atoms with Gasteiger partial charge in [0, 0.05) is 11.6 Å². The average molecular weight is 251 g/mol. The molecule has 0 amide bonds. The van der Waals surface area contributed by atoms with E-state index in [2.05, 4.69) is 5.32 Å². The van der Waals surface area contributed by atoms with E-state index >= 15 is 0 Å². The molecule has 0 bridgehead atoms. The van der Waals surface area contributed by atoms with Crippen molar-refractivity contribution in [2.45, 2.75) is 33.7 Å². The molecule has 0 fully saturated rings. The van der Waals surface area contributed by atoms with E-state index < -0.39 is 0 Å². The fourth-order valence-corrected chi connectivity index (χ4v) is 1.70. The highest BCUT2D eigenvalue weighted by atomic mass is 19.1. The molecular weight excluding hydrogens is 229 g/mol. The molecule has 0 saturated carbocycles. The molecule has 0 aromatic heterocycles. The third kappa shape index (κ3) is 4.49. The molecule has 0 spiro atoms. The lowest BCUT2D eigenvalue weighted by Crippen LogP contribution is -2.18. The smallest absolute Gasteiger partial charge is 0.124 e. The van der Waals surface area contributed by atoms with Gasteiger partial charge in [0.25, 0.3) is 0 Å². The third-order valence-corrected chi connectivity index (χ3v) is 2.68. The van der Waals surface area contributed by atoms with E-state index in [1.807, 2.05) is 33.8 Å². The van der Waals surface area contributed by atoms with Crippen molar-refractivity contribution in [2.75, 3.05) is 13.2 Å². The van der Waals surface area contributed by atoms with Gasteiger partial charge in [0.1, 0.15) is 18.2 Å². The Hall–Kier alpha value is -1.35. The number of benzene rings is 1. The topological polar surface area (TPSA) is 21.3 Å². The van der Waals surface area contributed by atoms with Crippen LogP contribution < -0.4 is 10.1 Å². The van der Waals surface area contributed by atoms with Gasteiger partial charge in [-0.1, -0.05) is 12.5 Å². The van der Waals surface area contributed by atoms with Crippen LogP contribution in [0.5, 0.6) is 5.75 Å². The van der Waals surface area contributed by atoms with E-state index in [-0.39, 0.29) is 11.9 Å². The number of rotatable bonds is 6. The van der Waals surface area contributed by atoms with Crippen molar-refractivity contribution in [1.82, 2.24) is 5.32 Å². The number of hydrogen-bond donors (Lipinski definition) is 1. The fraction of sp³-hybridized carbons (Fsp3) is 0.467. The standard InChI is InChI=1S/C15H22FNO/c1-5-17-12(4)14-10-13(16)6-7-15(14)18-9-8-11(2)3/h6-8,10,12,17H,5,9H2,1-4H3. The van der Waals surface area contributed by atoms with Gasteiger partial charge in [0.05, 0.1) is 0 Å². The zero-order valence-electron chi connectivity index (χ0n) is 11.6. The molecule has 0 radical (unpaired) electrons. The molecular formula is C15H22FNO. The maximum absolute atomic E-state index is 13.3. The quantitative estimate of drug-likeness (QED) is 0.776. The maximum atomic E-state index is 13.3. The number of hydrogen-bond acceptors (Lipinski definition) is 2. The summed E-state index contributed by atoms with van der Waals surface area (Å²) in [5.41, 5.74) is 2.07. The van der Waals surface area contributed by atoms with Crippen LogP contribution >= 0.6 is 0 Å². The Kier molecular flexibility index (Phi) is 5.86. The minimum absolute atomic E-state index is 0.0763. The highest BCUT2D eigenvalue weighted by Crippen LogP contribution is 2.26. The molecule has 0 heterocycles. The molecule has 0 aliphatic carbocycles. The van der Waals surface area contributed by atoms with Crippen LogP contribution in [0.25, 0.3) is 0 Å². The summed E-state index contributed by atoms with van der Waals surface area (Å²) < 4.78 is 19.0. The van der Waals surface area contributed by atoms with Crippen LogP contribution in [-0.2, 0) is 0 Å². The summed E-state index contributed by atoms with van der Waals surface area (Å²) in [6, 6.07) is 4.73. The number of halogens is 1.